The Morgan fingerprint density at radius 2 is 1.82 bits per heavy atom. The van der Waals surface area contributed by atoms with Gasteiger partial charge in [0, 0.05) is 22.1 Å². The van der Waals surface area contributed by atoms with Crippen LogP contribution in [0.5, 0.6) is 0 Å². The molecular formula is C21H22N2O3S2. The Morgan fingerprint density at radius 3 is 2.39 bits per heavy atom. The van der Waals surface area contributed by atoms with Crippen molar-refractivity contribution in [1.82, 2.24) is 4.98 Å². The first-order chi connectivity index (χ1) is 13.3. The first-order valence-electron chi connectivity index (χ1n) is 8.83. The van der Waals surface area contributed by atoms with Crippen LogP contribution in [0.1, 0.15) is 43.9 Å². The van der Waals surface area contributed by atoms with Gasteiger partial charge in [-0.1, -0.05) is 18.2 Å². The lowest BCUT2D eigenvalue weighted by Crippen LogP contribution is -2.24. The largest absolute Gasteiger partial charge is 0.456 e. The number of anilines is 2. The average Bonchev–Trinajstić information content (AvgIpc) is 3.21. The van der Waals surface area contributed by atoms with Crippen molar-refractivity contribution < 1.29 is 14.3 Å². The van der Waals surface area contributed by atoms with Gasteiger partial charge in [-0.25, -0.2) is 9.78 Å². The van der Waals surface area contributed by atoms with E-state index < -0.39 is 0 Å². The van der Waals surface area contributed by atoms with Gasteiger partial charge in [-0.3, -0.25) is 9.69 Å². The van der Waals surface area contributed by atoms with Crippen LogP contribution in [0.3, 0.4) is 0 Å². The summed E-state index contributed by atoms with van der Waals surface area (Å²) in [5.74, 6) is -0.464. The van der Waals surface area contributed by atoms with E-state index in [4.69, 9.17) is 4.74 Å². The van der Waals surface area contributed by atoms with E-state index in [1.165, 1.54) is 18.3 Å². The molecule has 0 bridgehead atoms. The lowest BCUT2D eigenvalue weighted by atomic mass is 10.1. The zero-order valence-corrected chi connectivity index (χ0v) is 18.2. The first-order valence-corrected chi connectivity index (χ1v) is 10.5. The number of para-hydroxylation sites is 1. The molecule has 0 aliphatic rings. The molecule has 146 valence electrons. The zero-order valence-electron chi connectivity index (χ0n) is 16.5. The third-order valence-corrected chi connectivity index (χ3v) is 6.16. The Bertz CT molecular complexity index is 1020. The quantitative estimate of drug-likeness (QED) is 0.519. The number of aromatic nitrogens is 1. The minimum atomic E-state index is -0.352. The predicted molar refractivity (Wildman–Crippen MR) is 114 cm³/mol. The summed E-state index contributed by atoms with van der Waals surface area (Å²) in [5, 5.41) is 2.39. The van der Waals surface area contributed by atoms with Crippen LogP contribution in [0.15, 0.2) is 29.6 Å². The molecule has 3 rings (SSSR count). The predicted octanol–water partition coefficient (Wildman–Crippen LogP) is 5.48. The minimum Gasteiger partial charge on any atom is -0.456 e. The number of thiazole rings is 1. The molecule has 28 heavy (non-hydrogen) atoms. The average molecular weight is 415 g/mol. The monoisotopic (exact) mass is 414 g/mol. The van der Waals surface area contributed by atoms with Gasteiger partial charge in [0.15, 0.2) is 5.13 Å². The van der Waals surface area contributed by atoms with Gasteiger partial charge in [-0.15, -0.1) is 22.7 Å². The topological polar surface area (TPSA) is 59.5 Å². The molecule has 0 saturated carbocycles. The van der Waals surface area contributed by atoms with Crippen molar-refractivity contribution in [2.75, 3.05) is 4.90 Å². The van der Waals surface area contributed by atoms with E-state index in [1.54, 1.807) is 16.2 Å². The van der Waals surface area contributed by atoms with Crippen LogP contribution in [0.4, 0.5) is 10.8 Å². The van der Waals surface area contributed by atoms with Crippen molar-refractivity contribution in [1.29, 1.82) is 0 Å². The lowest BCUT2D eigenvalue weighted by molar-refractivity contribution is -0.115. The molecule has 0 fully saturated rings. The number of carbonyl (C=O) groups is 2. The van der Waals surface area contributed by atoms with Crippen LogP contribution < -0.4 is 4.90 Å². The number of aryl methyl sites for hydroxylation is 4. The highest BCUT2D eigenvalue weighted by Crippen LogP contribution is 2.34. The number of esters is 1. The highest BCUT2D eigenvalue weighted by Gasteiger charge is 2.22. The maximum absolute atomic E-state index is 12.4. The summed E-state index contributed by atoms with van der Waals surface area (Å²) >= 11 is 2.93. The fourth-order valence-corrected chi connectivity index (χ4v) is 4.83. The number of carbonyl (C=O) groups excluding carboxylic acids is 2. The first kappa shape index (κ1) is 20.2. The van der Waals surface area contributed by atoms with Gasteiger partial charge in [-0.2, -0.15) is 0 Å². The Kier molecular flexibility index (Phi) is 5.96. The molecule has 0 unspecified atom stereocenters. The van der Waals surface area contributed by atoms with Crippen molar-refractivity contribution in [3.63, 3.8) is 0 Å². The van der Waals surface area contributed by atoms with E-state index in [2.05, 4.69) is 4.98 Å². The van der Waals surface area contributed by atoms with E-state index in [-0.39, 0.29) is 18.5 Å². The maximum atomic E-state index is 12.4. The zero-order chi connectivity index (χ0) is 20.4. The van der Waals surface area contributed by atoms with Crippen LogP contribution in [-0.4, -0.2) is 16.9 Å². The highest BCUT2D eigenvalue weighted by atomic mass is 32.1. The van der Waals surface area contributed by atoms with Crippen molar-refractivity contribution in [2.24, 2.45) is 0 Å². The molecule has 0 N–H and O–H groups in total. The maximum Gasteiger partial charge on any atom is 0.339 e. The molecule has 5 nitrogen and oxygen atoms in total. The van der Waals surface area contributed by atoms with E-state index in [0.717, 1.165) is 26.6 Å². The second-order valence-electron chi connectivity index (χ2n) is 6.62. The van der Waals surface area contributed by atoms with E-state index in [1.807, 2.05) is 57.3 Å². The second kappa shape index (κ2) is 8.24. The van der Waals surface area contributed by atoms with Gasteiger partial charge in [-0.05, 0) is 44.9 Å². The molecule has 0 saturated heterocycles. The number of benzene rings is 1. The molecule has 0 radical (unpaired) electrons. The lowest BCUT2D eigenvalue weighted by Gasteiger charge is -2.22. The number of hydrogen-bond acceptors (Lipinski definition) is 6. The Morgan fingerprint density at radius 1 is 1.14 bits per heavy atom. The van der Waals surface area contributed by atoms with E-state index in [9.17, 15) is 9.59 Å². The van der Waals surface area contributed by atoms with Crippen LogP contribution >= 0.6 is 22.7 Å². The SMILES string of the molecule is CC(=O)N(c1nc(COC(=O)c2cc(C)sc2C)cs1)c1c(C)cccc1C. The molecule has 0 atom stereocenters. The van der Waals surface area contributed by atoms with Crippen LogP contribution in [0.2, 0.25) is 0 Å². The number of nitrogens with zero attached hydrogens (tertiary/aromatic N) is 2. The fourth-order valence-electron chi connectivity index (χ4n) is 3.06. The van der Waals surface area contributed by atoms with Gasteiger partial charge in [0.25, 0.3) is 0 Å². The molecule has 1 aromatic carbocycles. The molecule has 2 aromatic heterocycles. The van der Waals surface area contributed by atoms with Crippen molar-refractivity contribution in [2.45, 2.75) is 41.2 Å². The summed E-state index contributed by atoms with van der Waals surface area (Å²) < 4.78 is 5.42. The van der Waals surface area contributed by atoms with Crippen LogP contribution in [0, 0.1) is 27.7 Å². The van der Waals surface area contributed by atoms with Crippen LogP contribution in [0.25, 0.3) is 0 Å². The molecule has 2 heterocycles. The summed E-state index contributed by atoms with van der Waals surface area (Å²) in [6.45, 7) is 9.41. The number of amides is 1. The Labute approximate surface area is 172 Å². The van der Waals surface area contributed by atoms with Crippen molar-refractivity contribution in [3.05, 3.63) is 61.8 Å². The smallest absolute Gasteiger partial charge is 0.339 e. The molecule has 0 aliphatic carbocycles. The molecule has 0 spiro atoms. The summed E-state index contributed by atoms with van der Waals surface area (Å²) in [7, 11) is 0. The minimum absolute atomic E-state index is 0.0716. The van der Waals surface area contributed by atoms with E-state index >= 15 is 0 Å². The molecular weight excluding hydrogens is 392 g/mol. The number of thiophene rings is 1. The standard InChI is InChI=1S/C21H22N2O3S2/c1-12-7-6-8-13(2)19(12)23(16(5)24)21-22-17(11-27-21)10-26-20(25)18-9-14(3)28-15(18)4/h6-9,11H,10H2,1-5H3. The Hall–Kier alpha value is -2.51. The summed E-state index contributed by atoms with van der Waals surface area (Å²) in [6, 6.07) is 7.75. The number of hydrogen-bond donors (Lipinski definition) is 0. The van der Waals surface area contributed by atoms with Crippen molar-refractivity contribution >= 4 is 45.4 Å². The summed E-state index contributed by atoms with van der Waals surface area (Å²) in [5.41, 5.74) is 4.06. The molecule has 3 aromatic rings. The number of ether oxygens (including phenoxy) is 1. The fraction of sp³-hybridized carbons (Fsp3) is 0.286. The molecule has 7 heteroatoms. The van der Waals surface area contributed by atoms with E-state index in [0.29, 0.717) is 16.4 Å². The molecule has 0 aliphatic heterocycles. The summed E-state index contributed by atoms with van der Waals surface area (Å²) in [4.78, 5) is 32.8. The third kappa shape index (κ3) is 4.15. The number of rotatable bonds is 5. The Balaban J connectivity index is 1.79. The highest BCUT2D eigenvalue weighted by molar-refractivity contribution is 7.14. The van der Waals surface area contributed by atoms with Gasteiger partial charge >= 0.3 is 5.97 Å². The third-order valence-electron chi connectivity index (χ3n) is 4.32. The van der Waals surface area contributed by atoms with Gasteiger partial charge in [0.1, 0.15) is 6.61 Å². The summed E-state index contributed by atoms with van der Waals surface area (Å²) in [6.07, 6.45) is 0. The van der Waals surface area contributed by atoms with Crippen molar-refractivity contribution in [3.8, 4) is 0 Å². The second-order valence-corrected chi connectivity index (χ2v) is 8.92. The van der Waals surface area contributed by atoms with Gasteiger partial charge < -0.3 is 4.74 Å². The van der Waals surface area contributed by atoms with Crippen LogP contribution in [-0.2, 0) is 16.1 Å². The molecule has 1 amide bonds. The van der Waals surface area contributed by atoms with Gasteiger partial charge in [0.2, 0.25) is 5.91 Å². The van der Waals surface area contributed by atoms with Gasteiger partial charge in [0.05, 0.1) is 16.9 Å². The normalized spacial score (nSPS) is 10.8.